The molecule has 2 aromatic rings. The van der Waals surface area contributed by atoms with Crippen LogP contribution in [0.3, 0.4) is 0 Å². The molecule has 1 fully saturated rings. The maximum Gasteiger partial charge on any atom is 0.339 e. The minimum absolute atomic E-state index is 0.255. The van der Waals surface area contributed by atoms with Crippen molar-refractivity contribution in [1.29, 1.82) is 0 Å². The van der Waals surface area contributed by atoms with Crippen LogP contribution in [0.1, 0.15) is 15.9 Å². The van der Waals surface area contributed by atoms with Crippen LogP contribution < -0.4 is 14.4 Å². The van der Waals surface area contributed by atoms with Gasteiger partial charge >= 0.3 is 5.97 Å². The van der Waals surface area contributed by atoms with Crippen LogP contribution in [0, 0.1) is 0 Å². The second kappa shape index (κ2) is 7.91. The topological polar surface area (TPSA) is 96.3 Å². The molecule has 0 spiro atoms. The largest absolute Gasteiger partial charge is 0.507 e. The first-order chi connectivity index (χ1) is 13.3. The van der Waals surface area contributed by atoms with Gasteiger partial charge in [-0.05, 0) is 36.4 Å². The van der Waals surface area contributed by atoms with E-state index in [0.29, 0.717) is 22.0 Å². The van der Waals surface area contributed by atoms with E-state index in [0.717, 1.165) is 11.8 Å². The van der Waals surface area contributed by atoms with Gasteiger partial charge in [0.15, 0.2) is 4.32 Å². The Hall–Kier alpha value is -3.04. The lowest BCUT2D eigenvalue weighted by atomic mass is 10.1. The van der Waals surface area contributed by atoms with Gasteiger partial charge in [0.2, 0.25) is 0 Å². The number of hydrogen-bond donors (Lipinski definition) is 2. The molecule has 1 heterocycles. The van der Waals surface area contributed by atoms with Gasteiger partial charge in [-0.2, -0.15) is 0 Å². The molecule has 144 valence electrons. The van der Waals surface area contributed by atoms with Crippen molar-refractivity contribution in [3.63, 3.8) is 0 Å². The lowest BCUT2D eigenvalue weighted by molar-refractivity contribution is -0.113. The van der Waals surface area contributed by atoms with E-state index in [2.05, 4.69) is 0 Å². The Morgan fingerprint density at radius 3 is 2.57 bits per heavy atom. The highest BCUT2D eigenvalue weighted by molar-refractivity contribution is 8.27. The Morgan fingerprint density at radius 2 is 1.93 bits per heavy atom. The fraction of sp³-hybridized carbons (Fsp3) is 0.105. The molecule has 0 aromatic heterocycles. The first kappa shape index (κ1) is 19.7. The number of ether oxygens (including phenoxy) is 2. The summed E-state index contributed by atoms with van der Waals surface area (Å²) in [5, 5.41) is 18.8. The summed E-state index contributed by atoms with van der Waals surface area (Å²) in [4.78, 5) is 25.7. The zero-order valence-electron chi connectivity index (χ0n) is 14.8. The van der Waals surface area contributed by atoms with E-state index < -0.39 is 11.9 Å². The highest BCUT2D eigenvalue weighted by Crippen LogP contribution is 2.38. The Labute approximate surface area is 170 Å². The average molecular weight is 417 g/mol. The lowest BCUT2D eigenvalue weighted by Gasteiger charge is -2.15. The summed E-state index contributed by atoms with van der Waals surface area (Å²) in [5.41, 5.74) is 0.621. The second-order valence-corrected chi connectivity index (χ2v) is 7.31. The van der Waals surface area contributed by atoms with Crippen molar-refractivity contribution in [2.45, 2.75) is 0 Å². The number of hydrogen-bond acceptors (Lipinski definition) is 7. The normalized spacial score (nSPS) is 15.2. The zero-order valence-corrected chi connectivity index (χ0v) is 16.5. The van der Waals surface area contributed by atoms with E-state index in [1.807, 2.05) is 0 Å². The van der Waals surface area contributed by atoms with Crippen LogP contribution in [0.5, 0.6) is 17.2 Å². The van der Waals surface area contributed by atoms with E-state index >= 15 is 0 Å². The molecule has 0 saturated carbocycles. The number of thioether (sulfide) groups is 1. The standard InChI is InChI=1S/C19H15NO6S2/c1-25-12-5-3-10(15(9-12)26-2)7-16-17(22)20(19(27)28-16)11-4-6-14(21)13(8-11)18(23)24/h3-9,21H,1-2H3,(H,23,24)/b16-7+. The number of amides is 1. The molecule has 1 saturated heterocycles. The van der Waals surface area contributed by atoms with Gasteiger partial charge in [0, 0.05) is 11.6 Å². The van der Waals surface area contributed by atoms with E-state index in [1.165, 1.54) is 30.2 Å². The first-order valence-electron chi connectivity index (χ1n) is 7.92. The number of phenols is 1. The molecule has 2 N–H and O–H groups in total. The Morgan fingerprint density at radius 1 is 1.18 bits per heavy atom. The lowest BCUT2D eigenvalue weighted by Crippen LogP contribution is -2.27. The maximum atomic E-state index is 12.9. The first-order valence-corrected chi connectivity index (χ1v) is 9.14. The summed E-state index contributed by atoms with van der Waals surface area (Å²) in [6, 6.07) is 9.06. The molecule has 7 nitrogen and oxygen atoms in total. The molecular formula is C19H15NO6S2. The fourth-order valence-corrected chi connectivity index (χ4v) is 3.89. The summed E-state index contributed by atoms with van der Waals surface area (Å²) >= 11 is 6.39. The van der Waals surface area contributed by atoms with Crippen LogP contribution in [-0.2, 0) is 4.79 Å². The molecule has 0 unspecified atom stereocenters. The number of rotatable bonds is 5. The van der Waals surface area contributed by atoms with E-state index in [1.54, 1.807) is 31.4 Å². The molecular weight excluding hydrogens is 402 g/mol. The molecule has 9 heteroatoms. The van der Waals surface area contributed by atoms with Crippen molar-refractivity contribution in [2.75, 3.05) is 19.1 Å². The van der Waals surface area contributed by atoms with Gasteiger partial charge < -0.3 is 19.7 Å². The molecule has 0 bridgehead atoms. The Kier molecular flexibility index (Phi) is 5.57. The maximum absolute atomic E-state index is 12.9. The van der Waals surface area contributed by atoms with E-state index in [4.69, 9.17) is 21.7 Å². The Bertz CT molecular complexity index is 1020. The van der Waals surface area contributed by atoms with Gasteiger partial charge in [-0.1, -0.05) is 24.0 Å². The summed E-state index contributed by atoms with van der Waals surface area (Å²) in [7, 11) is 3.06. The van der Waals surface area contributed by atoms with Crippen LogP contribution in [-0.4, -0.2) is 40.6 Å². The monoisotopic (exact) mass is 417 g/mol. The number of carboxylic acids is 1. The van der Waals surface area contributed by atoms with Gasteiger partial charge in [-0.3, -0.25) is 9.69 Å². The molecule has 2 aromatic carbocycles. The number of benzene rings is 2. The number of carbonyl (C=O) groups excluding carboxylic acids is 1. The number of thiocarbonyl (C=S) groups is 1. The van der Waals surface area contributed by atoms with Crippen molar-refractivity contribution in [3.05, 3.63) is 52.4 Å². The van der Waals surface area contributed by atoms with Crippen molar-refractivity contribution in [2.24, 2.45) is 0 Å². The number of nitrogens with zero attached hydrogens (tertiary/aromatic N) is 1. The molecule has 1 amide bonds. The van der Waals surface area contributed by atoms with Crippen LogP contribution in [0.2, 0.25) is 0 Å². The van der Waals surface area contributed by atoms with Crippen molar-refractivity contribution in [1.82, 2.24) is 0 Å². The third-order valence-corrected chi connectivity index (χ3v) is 5.29. The number of aromatic carboxylic acids is 1. The molecule has 0 aliphatic carbocycles. The molecule has 1 aliphatic heterocycles. The van der Waals surface area contributed by atoms with Gasteiger partial charge in [0.1, 0.15) is 22.8 Å². The van der Waals surface area contributed by atoms with Crippen LogP contribution in [0.25, 0.3) is 6.08 Å². The number of carboxylic acid groups (broad SMARTS) is 1. The van der Waals surface area contributed by atoms with Crippen molar-refractivity contribution >= 4 is 51.9 Å². The minimum Gasteiger partial charge on any atom is -0.507 e. The molecule has 1 aliphatic rings. The predicted octanol–water partition coefficient (Wildman–Crippen LogP) is 3.51. The van der Waals surface area contributed by atoms with Gasteiger partial charge in [0.25, 0.3) is 5.91 Å². The summed E-state index contributed by atoms with van der Waals surface area (Å²) in [6.45, 7) is 0. The fourth-order valence-electron chi connectivity index (χ4n) is 2.60. The summed E-state index contributed by atoms with van der Waals surface area (Å²) in [5.74, 6) is -0.937. The van der Waals surface area contributed by atoms with Crippen LogP contribution in [0.15, 0.2) is 41.3 Å². The summed E-state index contributed by atoms with van der Waals surface area (Å²) < 4.78 is 10.8. The minimum atomic E-state index is -1.30. The van der Waals surface area contributed by atoms with Crippen LogP contribution in [0.4, 0.5) is 5.69 Å². The number of aromatic hydroxyl groups is 1. The zero-order chi connectivity index (χ0) is 20.4. The third kappa shape index (κ3) is 3.67. The summed E-state index contributed by atoms with van der Waals surface area (Å²) in [6.07, 6.45) is 1.65. The van der Waals surface area contributed by atoms with Gasteiger partial charge in [0.05, 0.1) is 24.8 Å². The Balaban J connectivity index is 1.98. The van der Waals surface area contributed by atoms with Gasteiger partial charge in [-0.25, -0.2) is 4.79 Å². The molecule has 0 radical (unpaired) electrons. The second-order valence-electron chi connectivity index (χ2n) is 5.63. The van der Waals surface area contributed by atoms with Crippen molar-refractivity contribution in [3.8, 4) is 17.2 Å². The van der Waals surface area contributed by atoms with E-state index in [9.17, 15) is 19.8 Å². The predicted molar refractivity (Wildman–Crippen MR) is 110 cm³/mol. The highest BCUT2D eigenvalue weighted by Gasteiger charge is 2.34. The smallest absolute Gasteiger partial charge is 0.339 e. The highest BCUT2D eigenvalue weighted by atomic mass is 32.2. The van der Waals surface area contributed by atoms with Gasteiger partial charge in [-0.15, -0.1) is 0 Å². The van der Waals surface area contributed by atoms with Crippen molar-refractivity contribution < 1.29 is 29.3 Å². The number of methoxy groups -OCH3 is 2. The molecule has 28 heavy (non-hydrogen) atoms. The number of carbonyl (C=O) groups is 2. The van der Waals surface area contributed by atoms with Crippen LogP contribution >= 0.6 is 24.0 Å². The quantitative estimate of drug-likeness (QED) is 0.564. The number of anilines is 1. The third-order valence-electron chi connectivity index (χ3n) is 3.99. The SMILES string of the molecule is COc1ccc(/C=C2/SC(=S)N(c3ccc(O)c(C(=O)O)c3)C2=O)c(OC)c1. The molecule has 0 atom stereocenters. The van der Waals surface area contributed by atoms with E-state index in [-0.39, 0.29) is 21.3 Å². The average Bonchev–Trinajstić information content (AvgIpc) is 2.95. The molecule has 3 rings (SSSR count).